The summed E-state index contributed by atoms with van der Waals surface area (Å²) >= 11 is 0. The van der Waals surface area contributed by atoms with E-state index in [1.54, 1.807) is 0 Å². The Balaban J connectivity index is 1.95. The summed E-state index contributed by atoms with van der Waals surface area (Å²) in [7, 11) is 0. The van der Waals surface area contributed by atoms with E-state index in [0.29, 0.717) is 12.1 Å². The highest BCUT2D eigenvalue weighted by Gasteiger charge is 2.22. The summed E-state index contributed by atoms with van der Waals surface area (Å²) in [6.45, 7) is 0. The second-order valence-electron chi connectivity index (χ2n) is 4.54. The van der Waals surface area contributed by atoms with Gasteiger partial charge in [0.15, 0.2) is 0 Å². The first-order valence-electron chi connectivity index (χ1n) is 6.09. The Bertz CT molecular complexity index is 488. The van der Waals surface area contributed by atoms with Gasteiger partial charge in [-0.1, -0.05) is 36.4 Å². The van der Waals surface area contributed by atoms with E-state index in [4.69, 9.17) is 10.8 Å². The molecule has 0 spiro atoms. The Kier molecular flexibility index (Phi) is 3.82. The minimum Gasteiger partial charge on any atom is -0.481 e. The highest BCUT2D eigenvalue weighted by molar-refractivity contribution is 5.74. The Morgan fingerprint density at radius 2 is 2.00 bits per heavy atom. The Labute approximate surface area is 107 Å². The lowest BCUT2D eigenvalue weighted by molar-refractivity contribution is -0.140. The normalized spacial score (nSPS) is 19.0. The highest BCUT2D eigenvalue weighted by Crippen LogP contribution is 2.23. The van der Waals surface area contributed by atoms with E-state index in [-0.39, 0.29) is 0 Å². The number of nitrogens with two attached hydrogens (primary N) is 1. The van der Waals surface area contributed by atoms with Crippen molar-refractivity contribution < 1.29 is 9.90 Å². The zero-order chi connectivity index (χ0) is 13.0. The first-order valence-corrected chi connectivity index (χ1v) is 6.09. The van der Waals surface area contributed by atoms with E-state index in [9.17, 15) is 4.79 Å². The van der Waals surface area contributed by atoms with Gasteiger partial charge in [0.1, 0.15) is 0 Å². The fourth-order valence-corrected chi connectivity index (χ4v) is 2.13. The minimum absolute atomic E-state index is 0.466. The second-order valence-corrected chi connectivity index (χ2v) is 4.54. The van der Waals surface area contributed by atoms with Gasteiger partial charge >= 0.3 is 5.97 Å². The van der Waals surface area contributed by atoms with Gasteiger partial charge in [-0.15, -0.1) is 0 Å². The summed E-state index contributed by atoms with van der Waals surface area (Å²) < 4.78 is 0. The molecule has 0 fully saturated rings. The summed E-state index contributed by atoms with van der Waals surface area (Å²) in [6, 6.07) is 10.2. The van der Waals surface area contributed by atoms with Crippen LogP contribution in [0.5, 0.6) is 0 Å². The molecule has 0 aromatic heterocycles. The van der Waals surface area contributed by atoms with E-state index < -0.39 is 11.9 Å². The van der Waals surface area contributed by atoms with Crippen LogP contribution in [0.25, 0.3) is 0 Å². The van der Waals surface area contributed by atoms with Crippen LogP contribution in [0.1, 0.15) is 18.4 Å². The molecule has 0 saturated heterocycles. The number of carbonyl (C=O) groups is 1. The first kappa shape index (κ1) is 12.4. The smallest absolute Gasteiger partial charge is 0.312 e. The van der Waals surface area contributed by atoms with Crippen molar-refractivity contribution in [2.45, 2.75) is 19.3 Å². The van der Waals surface area contributed by atoms with Crippen LogP contribution in [0, 0.1) is 5.92 Å². The van der Waals surface area contributed by atoms with Gasteiger partial charge in [0.2, 0.25) is 0 Å². The van der Waals surface area contributed by atoms with Gasteiger partial charge in [-0.05, 0) is 36.5 Å². The van der Waals surface area contributed by atoms with Crippen molar-refractivity contribution in [2.75, 3.05) is 0 Å². The maximum Gasteiger partial charge on any atom is 0.312 e. The van der Waals surface area contributed by atoms with Gasteiger partial charge in [0, 0.05) is 5.70 Å². The Morgan fingerprint density at radius 1 is 1.28 bits per heavy atom. The molecule has 3 N–H and O–H groups in total. The predicted octanol–water partition coefficient (Wildman–Crippen LogP) is 2.49. The highest BCUT2D eigenvalue weighted by atomic mass is 16.4. The Morgan fingerprint density at radius 3 is 2.61 bits per heavy atom. The van der Waals surface area contributed by atoms with Crippen LogP contribution in [-0.4, -0.2) is 11.1 Å². The van der Waals surface area contributed by atoms with Gasteiger partial charge in [-0.2, -0.15) is 0 Å². The van der Waals surface area contributed by atoms with E-state index in [1.165, 1.54) is 5.56 Å². The number of aliphatic carboxylic acids is 1. The van der Waals surface area contributed by atoms with Gasteiger partial charge in [0.05, 0.1) is 5.92 Å². The molecule has 1 aliphatic carbocycles. The lowest BCUT2D eigenvalue weighted by Crippen LogP contribution is -2.23. The van der Waals surface area contributed by atoms with Crippen LogP contribution < -0.4 is 5.73 Å². The summed E-state index contributed by atoms with van der Waals surface area (Å²) in [5, 5.41) is 8.95. The predicted molar refractivity (Wildman–Crippen MR) is 70.9 cm³/mol. The molecule has 1 aromatic rings. The average Bonchev–Trinajstić information content (AvgIpc) is 2.37. The van der Waals surface area contributed by atoms with Crippen LogP contribution in [0.15, 0.2) is 53.8 Å². The minimum atomic E-state index is -0.845. The summed E-state index contributed by atoms with van der Waals surface area (Å²) in [6.07, 6.45) is 6.15. The summed E-state index contributed by atoms with van der Waals surface area (Å²) in [5.74, 6) is -1.40. The van der Waals surface area contributed by atoms with Crippen LogP contribution >= 0.6 is 0 Å². The molecule has 3 nitrogen and oxygen atoms in total. The molecule has 3 heteroatoms. The third-order valence-corrected chi connectivity index (χ3v) is 3.21. The molecule has 0 saturated carbocycles. The van der Waals surface area contributed by atoms with Crippen LogP contribution in [0.4, 0.5) is 0 Å². The second kappa shape index (κ2) is 5.54. The molecule has 0 amide bonds. The monoisotopic (exact) mass is 243 g/mol. The number of hydrogen-bond donors (Lipinski definition) is 2. The zero-order valence-electron chi connectivity index (χ0n) is 10.2. The number of allylic oxidation sites excluding steroid dienone is 3. The maximum absolute atomic E-state index is 10.9. The van der Waals surface area contributed by atoms with Gasteiger partial charge in [-0.25, -0.2) is 0 Å². The SMILES string of the molecule is NC1=CC(CCc2ccccc2)=CCC1C(=O)O. The van der Waals surface area contributed by atoms with Crippen molar-refractivity contribution >= 4 is 5.97 Å². The largest absolute Gasteiger partial charge is 0.481 e. The molecule has 0 radical (unpaired) electrons. The molecule has 1 aromatic carbocycles. The Hall–Kier alpha value is -2.03. The fourth-order valence-electron chi connectivity index (χ4n) is 2.13. The molecule has 2 rings (SSSR count). The van der Waals surface area contributed by atoms with Crippen molar-refractivity contribution in [2.24, 2.45) is 11.7 Å². The zero-order valence-corrected chi connectivity index (χ0v) is 10.2. The number of hydrogen-bond acceptors (Lipinski definition) is 2. The maximum atomic E-state index is 10.9. The van der Waals surface area contributed by atoms with Crippen LogP contribution in [-0.2, 0) is 11.2 Å². The van der Waals surface area contributed by atoms with Crippen molar-refractivity contribution in [1.82, 2.24) is 0 Å². The molecular formula is C15H17NO2. The van der Waals surface area contributed by atoms with Crippen LogP contribution in [0.2, 0.25) is 0 Å². The number of carboxylic acid groups (broad SMARTS) is 1. The molecule has 1 atom stereocenters. The third-order valence-electron chi connectivity index (χ3n) is 3.21. The molecule has 18 heavy (non-hydrogen) atoms. The van der Waals surface area contributed by atoms with E-state index in [1.807, 2.05) is 30.4 Å². The summed E-state index contributed by atoms with van der Waals surface area (Å²) in [5.41, 5.74) is 8.66. The lowest BCUT2D eigenvalue weighted by atomic mass is 9.91. The van der Waals surface area contributed by atoms with E-state index >= 15 is 0 Å². The number of carboxylic acids is 1. The number of rotatable bonds is 4. The molecular weight excluding hydrogens is 226 g/mol. The number of benzene rings is 1. The third kappa shape index (κ3) is 3.00. The standard InChI is InChI=1S/C15H17NO2/c16-14-10-12(8-9-13(14)15(17)18)7-6-11-4-2-1-3-5-11/h1-5,8,10,13H,6-7,9,16H2,(H,17,18). The summed E-state index contributed by atoms with van der Waals surface area (Å²) in [4.78, 5) is 10.9. The molecule has 1 aliphatic rings. The molecule has 0 heterocycles. The fraction of sp³-hybridized carbons (Fsp3) is 0.267. The van der Waals surface area contributed by atoms with E-state index in [2.05, 4.69) is 12.1 Å². The van der Waals surface area contributed by atoms with Crippen molar-refractivity contribution in [3.8, 4) is 0 Å². The quantitative estimate of drug-likeness (QED) is 0.854. The lowest BCUT2D eigenvalue weighted by Gasteiger charge is -2.17. The molecule has 1 unspecified atom stereocenters. The topological polar surface area (TPSA) is 63.3 Å². The average molecular weight is 243 g/mol. The van der Waals surface area contributed by atoms with Crippen molar-refractivity contribution in [3.05, 3.63) is 59.3 Å². The van der Waals surface area contributed by atoms with E-state index in [0.717, 1.165) is 18.4 Å². The molecule has 0 aliphatic heterocycles. The van der Waals surface area contributed by atoms with Gasteiger partial charge in [-0.3, -0.25) is 4.79 Å². The van der Waals surface area contributed by atoms with Gasteiger partial charge in [0.25, 0.3) is 0 Å². The van der Waals surface area contributed by atoms with Crippen molar-refractivity contribution in [3.63, 3.8) is 0 Å². The number of aryl methyl sites for hydroxylation is 1. The first-order chi connectivity index (χ1) is 8.66. The molecule has 0 bridgehead atoms. The van der Waals surface area contributed by atoms with Gasteiger partial charge < -0.3 is 10.8 Å². The molecule has 94 valence electrons. The van der Waals surface area contributed by atoms with Crippen molar-refractivity contribution in [1.29, 1.82) is 0 Å². The van der Waals surface area contributed by atoms with Crippen LogP contribution in [0.3, 0.4) is 0 Å².